The number of methoxy groups -OCH3 is 3. The second-order valence-electron chi connectivity index (χ2n) is 8.32. The molecule has 0 radical (unpaired) electrons. The molecule has 0 saturated carbocycles. The fraction of sp³-hybridized carbons (Fsp3) is 0.308. The van der Waals surface area contributed by atoms with Crippen molar-refractivity contribution in [3.8, 4) is 45.6 Å². The van der Waals surface area contributed by atoms with E-state index in [1.807, 2.05) is 12.1 Å². The zero-order valence-corrected chi connectivity index (χ0v) is 18.7. The summed E-state index contributed by atoms with van der Waals surface area (Å²) in [6.07, 6.45) is 0.570. The van der Waals surface area contributed by atoms with Gasteiger partial charge in [-0.3, -0.25) is 0 Å². The number of aromatic hydroxyl groups is 2. The smallest absolute Gasteiger partial charge is 0.200 e. The molecule has 0 unspecified atom stereocenters. The number of hydrogen-bond acceptors (Lipinski definition) is 7. The number of aliphatic hydroxyl groups excluding tert-OH is 1. The molecule has 1 aliphatic carbocycles. The zero-order chi connectivity index (χ0) is 23.3. The molecular formula is C26H26O7. The molecule has 7 heteroatoms. The molecule has 0 amide bonds. The molecule has 5 rings (SSSR count). The SMILES string of the molecule is COc1cc([C@@H]2COc3cc(OC)c4c(c3[C@@H]2O)CCc2cc(O)ccc2-4)cc(OC)c1O. The van der Waals surface area contributed by atoms with Crippen LogP contribution >= 0.6 is 0 Å². The van der Waals surface area contributed by atoms with Gasteiger partial charge in [-0.25, -0.2) is 0 Å². The molecule has 2 aliphatic rings. The van der Waals surface area contributed by atoms with E-state index in [4.69, 9.17) is 18.9 Å². The highest BCUT2D eigenvalue weighted by Gasteiger charge is 2.37. The van der Waals surface area contributed by atoms with Gasteiger partial charge in [0.2, 0.25) is 5.75 Å². The minimum absolute atomic E-state index is 0.0858. The van der Waals surface area contributed by atoms with Crippen molar-refractivity contribution in [3.63, 3.8) is 0 Å². The maximum Gasteiger partial charge on any atom is 0.200 e. The molecule has 0 aromatic heterocycles. The molecule has 0 bridgehead atoms. The van der Waals surface area contributed by atoms with Gasteiger partial charge in [0.15, 0.2) is 11.5 Å². The Morgan fingerprint density at radius 3 is 2.24 bits per heavy atom. The Morgan fingerprint density at radius 2 is 1.58 bits per heavy atom. The van der Waals surface area contributed by atoms with E-state index in [0.29, 0.717) is 17.9 Å². The number of fused-ring (bicyclic) bond motifs is 5. The van der Waals surface area contributed by atoms with Crippen LogP contribution in [0, 0.1) is 0 Å². The second-order valence-corrected chi connectivity index (χ2v) is 8.32. The fourth-order valence-corrected chi connectivity index (χ4v) is 5.03. The third-order valence-electron chi connectivity index (χ3n) is 6.65. The van der Waals surface area contributed by atoms with E-state index in [1.165, 1.54) is 14.2 Å². The summed E-state index contributed by atoms with van der Waals surface area (Å²) in [4.78, 5) is 0. The average molecular weight is 450 g/mol. The Hall–Kier alpha value is -3.58. The van der Waals surface area contributed by atoms with Crippen molar-refractivity contribution < 1.29 is 34.3 Å². The van der Waals surface area contributed by atoms with Crippen molar-refractivity contribution in [2.45, 2.75) is 24.9 Å². The second kappa shape index (κ2) is 8.08. The number of phenols is 2. The number of hydrogen-bond donors (Lipinski definition) is 3. The summed E-state index contributed by atoms with van der Waals surface area (Å²) in [5.74, 6) is 1.58. The molecule has 0 fully saturated rings. The maximum atomic E-state index is 11.6. The average Bonchev–Trinajstić information content (AvgIpc) is 2.83. The van der Waals surface area contributed by atoms with Gasteiger partial charge >= 0.3 is 0 Å². The van der Waals surface area contributed by atoms with Crippen LogP contribution in [0.1, 0.15) is 34.3 Å². The predicted molar refractivity (Wildman–Crippen MR) is 122 cm³/mol. The monoisotopic (exact) mass is 450 g/mol. The molecule has 7 nitrogen and oxygen atoms in total. The van der Waals surface area contributed by atoms with Crippen molar-refractivity contribution in [1.82, 2.24) is 0 Å². The predicted octanol–water partition coefficient (Wildman–Crippen LogP) is 4.10. The Bertz CT molecular complexity index is 1210. The first-order valence-corrected chi connectivity index (χ1v) is 10.8. The quantitative estimate of drug-likeness (QED) is 0.551. The molecule has 172 valence electrons. The lowest BCUT2D eigenvalue weighted by Crippen LogP contribution is -2.26. The van der Waals surface area contributed by atoms with Gasteiger partial charge in [-0.2, -0.15) is 0 Å². The van der Waals surface area contributed by atoms with Gasteiger partial charge in [0.05, 0.1) is 34.0 Å². The number of rotatable bonds is 4. The van der Waals surface area contributed by atoms with E-state index in [9.17, 15) is 15.3 Å². The van der Waals surface area contributed by atoms with Crippen LogP contribution in [0.4, 0.5) is 0 Å². The van der Waals surface area contributed by atoms with Gasteiger partial charge in [-0.05, 0) is 59.4 Å². The van der Waals surface area contributed by atoms with Gasteiger partial charge in [0.1, 0.15) is 17.2 Å². The van der Waals surface area contributed by atoms with E-state index < -0.39 is 6.10 Å². The molecule has 1 aliphatic heterocycles. The van der Waals surface area contributed by atoms with Gasteiger partial charge in [0.25, 0.3) is 0 Å². The minimum atomic E-state index is -0.842. The molecular weight excluding hydrogens is 424 g/mol. The van der Waals surface area contributed by atoms with Crippen molar-refractivity contribution in [3.05, 3.63) is 58.7 Å². The van der Waals surface area contributed by atoms with E-state index >= 15 is 0 Å². The largest absolute Gasteiger partial charge is 0.508 e. The number of benzene rings is 3. The van der Waals surface area contributed by atoms with Crippen molar-refractivity contribution >= 4 is 0 Å². The lowest BCUT2D eigenvalue weighted by molar-refractivity contribution is 0.0875. The van der Waals surface area contributed by atoms with Crippen molar-refractivity contribution in [2.24, 2.45) is 0 Å². The number of phenolic OH excluding ortho intramolecular Hbond substituents is 2. The number of aryl methyl sites for hydroxylation is 1. The topological polar surface area (TPSA) is 97.6 Å². The van der Waals surface area contributed by atoms with Crippen LogP contribution in [-0.2, 0) is 12.8 Å². The first-order valence-electron chi connectivity index (χ1n) is 10.8. The Kier molecular flexibility index (Phi) is 5.21. The third kappa shape index (κ3) is 3.31. The molecule has 3 N–H and O–H groups in total. The van der Waals surface area contributed by atoms with Crippen LogP contribution < -0.4 is 18.9 Å². The van der Waals surface area contributed by atoms with Crippen molar-refractivity contribution in [1.29, 1.82) is 0 Å². The van der Waals surface area contributed by atoms with Gasteiger partial charge in [0, 0.05) is 23.1 Å². The minimum Gasteiger partial charge on any atom is -0.508 e. The fourth-order valence-electron chi connectivity index (χ4n) is 5.03. The van der Waals surface area contributed by atoms with Crippen LogP contribution in [0.2, 0.25) is 0 Å². The Labute approximate surface area is 191 Å². The standard InChI is InChI=1S/C26H26O7/c1-30-19-11-20-24(17-6-4-13-8-15(27)5-7-16(13)23(17)19)25(28)18(12-33-20)14-9-21(31-2)26(29)22(10-14)32-3/h5,7-11,18,25,27-29H,4,6,12H2,1-3H3/t18-,25+/m0/s1. The molecule has 1 heterocycles. The summed E-state index contributed by atoms with van der Waals surface area (Å²) in [5, 5.41) is 31.8. The summed E-state index contributed by atoms with van der Waals surface area (Å²) in [5.41, 5.74) is 5.41. The Balaban J connectivity index is 1.65. The molecule has 3 aromatic rings. The normalized spacial score (nSPS) is 18.4. The highest BCUT2D eigenvalue weighted by Crippen LogP contribution is 2.52. The van der Waals surface area contributed by atoms with E-state index in [2.05, 4.69) is 0 Å². The summed E-state index contributed by atoms with van der Waals surface area (Å²) >= 11 is 0. The highest BCUT2D eigenvalue weighted by molar-refractivity contribution is 5.82. The maximum absolute atomic E-state index is 11.6. The molecule has 0 saturated heterocycles. The molecule has 33 heavy (non-hydrogen) atoms. The first-order chi connectivity index (χ1) is 16.0. The first kappa shape index (κ1) is 21.3. The molecule has 2 atom stereocenters. The number of ether oxygens (including phenoxy) is 4. The Morgan fingerprint density at radius 1 is 0.879 bits per heavy atom. The van der Waals surface area contributed by atoms with E-state index in [0.717, 1.165) is 39.8 Å². The summed E-state index contributed by atoms with van der Waals surface area (Å²) in [6, 6.07) is 10.6. The number of aliphatic hydroxyl groups is 1. The van der Waals surface area contributed by atoms with Gasteiger partial charge in [-0.15, -0.1) is 0 Å². The van der Waals surface area contributed by atoms with Crippen LogP contribution in [0.3, 0.4) is 0 Å². The summed E-state index contributed by atoms with van der Waals surface area (Å²) in [6.45, 7) is 0.248. The molecule has 3 aromatic carbocycles. The summed E-state index contributed by atoms with van der Waals surface area (Å²) in [7, 11) is 4.56. The lowest BCUT2D eigenvalue weighted by Gasteiger charge is -2.35. The van der Waals surface area contributed by atoms with Gasteiger partial charge < -0.3 is 34.3 Å². The van der Waals surface area contributed by atoms with E-state index in [1.54, 1.807) is 31.4 Å². The lowest BCUT2D eigenvalue weighted by atomic mass is 9.77. The van der Waals surface area contributed by atoms with Crippen LogP contribution in [0.5, 0.6) is 34.5 Å². The van der Waals surface area contributed by atoms with E-state index in [-0.39, 0.29) is 35.5 Å². The molecule has 0 spiro atoms. The van der Waals surface area contributed by atoms with Crippen LogP contribution in [0.15, 0.2) is 36.4 Å². The van der Waals surface area contributed by atoms with Gasteiger partial charge in [-0.1, -0.05) is 6.07 Å². The van der Waals surface area contributed by atoms with Crippen LogP contribution in [-0.4, -0.2) is 43.3 Å². The van der Waals surface area contributed by atoms with Crippen molar-refractivity contribution in [2.75, 3.05) is 27.9 Å². The third-order valence-corrected chi connectivity index (χ3v) is 6.65. The summed E-state index contributed by atoms with van der Waals surface area (Å²) < 4.78 is 22.4. The highest BCUT2D eigenvalue weighted by atomic mass is 16.5. The zero-order valence-electron chi connectivity index (χ0n) is 18.7. The van der Waals surface area contributed by atoms with Crippen LogP contribution in [0.25, 0.3) is 11.1 Å².